The number of aromatic nitrogens is 3. The Morgan fingerprint density at radius 2 is 2.26 bits per heavy atom. The van der Waals surface area contributed by atoms with Crippen LogP contribution < -0.4 is 0 Å². The van der Waals surface area contributed by atoms with Gasteiger partial charge in [-0.1, -0.05) is 11.6 Å². The van der Waals surface area contributed by atoms with E-state index in [9.17, 15) is 4.79 Å². The number of nitrogens with zero attached hydrogens (tertiary/aromatic N) is 2. The highest BCUT2D eigenvalue weighted by molar-refractivity contribution is 14.1. The predicted molar refractivity (Wildman–Crippen MR) is 83.2 cm³/mol. The van der Waals surface area contributed by atoms with Gasteiger partial charge in [-0.3, -0.25) is 0 Å². The molecule has 19 heavy (non-hydrogen) atoms. The molecule has 0 atom stereocenters. The molecule has 0 radical (unpaired) electrons. The van der Waals surface area contributed by atoms with Crippen molar-refractivity contribution >= 4 is 56.1 Å². The molecule has 0 amide bonds. The number of H-pyrrole nitrogens is 1. The zero-order valence-corrected chi connectivity index (χ0v) is 14.2. The summed E-state index contributed by atoms with van der Waals surface area (Å²) >= 11 is 11.6. The third-order valence-electron chi connectivity index (χ3n) is 2.26. The Balaban J connectivity index is 2.54. The Morgan fingerprint density at radius 1 is 1.53 bits per heavy atom. The topological polar surface area (TPSA) is 67.9 Å². The largest absolute Gasteiger partial charge is 0.461 e. The van der Waals surface area contributed by atoms with Crippen molar-refractivity contribution in [2.75, 3.05) is 6.61 Å². The first-order chi connectivity index (χ1) is 9.04. The first-order valence-electron chi connectivity index (χ1n) is 5.27. The molecule has 1 N–H and O–H groups in total. The van der Waals surface area contributed by atoms with Crippen molar-refractivity contribution in [1.29, 1.82) is 0 Å². The summed E-state index contributed by atoms with van der Waals surface area (Å²) in [6.45, 7) is 2.01. The number of benzene rings is 1. The summed E-state index contributed by atoms with van der Waals surface area (Å²) in [5.41, 5.74) is 1.24. The summed E-state index contributed by atoms with van der Waals surface area (Å²) in [5, 5.41) is 10.8. The Bertz CT molecular complexity index is 632. The van der Waals surface area contributed by atoms with Crippen LogP contribution in [0.15, 0.2) is 16.6 Å². The van der Waals surface area contributed by atoms with Gasteiger partial charge in [-0.25, -0.2) is 4.79 Å². The molecule has 0 saturated carbocycles. The fourth-order valence-electron chi connectivity index (χ4n) is 1.49. The van der Waals surface area contributed by atoms with Crippen molar-refractivity contribution in [2.24, 2.45) is 0 Å². The van der Waals surface area contributed by atoms with Crippen molar-refractivity contribution in [2.45, 2.75) is 6.92 Å². The molecule has 8 heteroatoms. The maximum atomic E-state index is 11.8. The van der Waals surface area contributed by atoms with Gasteiger partial charge in [0.2, 0.25) is 0 Å². The van der Waals surface area contributed by atoms with Crippen molar-refractivity contribution in [1.82, 2.24) is 15.4 Å². The van der Waals surface area contributed by atoms with Crippen LogP contribution in [-0.4, -0.2) is 28.0 Å². The number of ether oxygens (including phenoxy) is 1. The average Bonchev–Trinajstić information content (AvgIpc) is 2.83. The molecule has 0 fully saturated rings. The summed E-state index contributed by atoms with van der Waals surface area (Å²) in [4.78, 5) is 11.8. The Morgan fingerprint density at radius 3 is 2.95 bits per heavy atom. The molecule has 0 spiro atoms. The Labute approximate surface area is 136 Å². The molecule has 5 nitrogen and oxygen atoms in total. The van der Waals surface area contributed by atoms with Crippen LogP contribution in [0.1, 0.15) is 17.4 Å². The summed E-state index contributed by atoms with van der Waals surface area (Å²) in [6.07, 6.45) is 0. The van der Waals surface area contributed by atoms with E-state index in [0.29, 0.717) is 16.3 Å². The summed E-state index contributed by atoms with van der Waals surface area (Å²) in [6, 6.07) is 3.52. The quantitative estimate of drug-likeness (QED) is 0.435. The molecule has 1 aromatic carbocycles. The van der Waals surface area contributed by atoms with Crippen LogP contribution in [0, 0.1) is 3.57 Å². The lowest BCUT2D eigenvalue weighted by molar-refractivity contribution is 0.0520. The smallest absolute Gasteiger partial charge is 0.361 e. The van der Waals surface area contributed by atoms with Gasteiger partial charge >= 0.3 is 5.97 Å². The molecule has 2 aromatic rings. The Hall–Kier alpha value is -0.670. The van der Waals surface area contributed by atoms with E-state index in [2.05, 4.69) is 53.9 Å². The van der Waals surface area contributed by atoms with Crippen LogP contribution in [0.25, 0.3) is 11.3 Å². The second-order valence-corrected chi connectivity index (χ2v) is 5.88. The van der Waals surface area contributed by atoms with Crippen molar-refractivity contribution in [3.63, 3.8) is 0 Å². The molecule has 0 saturated heterocycles. The highest BCUT2D eigenvalue weighted by Crippen LogP contribution is 2.35. The number of hydrogen-bond acceptors (Lipinski definition) is 4. The zero-order chi connectivity index (χ0) is 14.0. The minimum Gasteiger partial charge on any atom is -0.461 e. The van der Waals surface area contributed by atoms with E-state index in [0.717, 1.165) is 8.04 Å². The lowest BCUT2D eigenvalue weighted by atomic mass is 10.1. The lowest BCUT2D eigenvalue weighted by Gasteiger charge is -2.06. The van der Waals surface area contributed by atoms with Gasteiger partial charge in [0.05, 0.1) is 6.61 Å². The highest BCUT2D eigenvalue weighted by atomic mass is 127. The number of esters is 1. The van der Waals surface area contributed by atoms with Crippen LogP contribution in [0.4, 0.5) is 0 Å². The summed E-state index contributed by atoms with van der Waals surface area (Å²) in [7, 11) is 0. The molecule has 0 unspecified atom stereocenters. The van der Waals surface area contributed by atoms with Gasteiger partial charge in [-0.05, 0) is 57.6 Å². The van der Waals surface area contributed by atoms with Gasteiger partial charge in [-0.15, -0.1) is 5.10 Å². The number of halogens is 3. The number of carbonyl (C=O) groups excluding carboxylic acids is 1. The third-order valence-corrected chi connectivity index (χ3v) is 4.93. The van der Waals surface area contributed by atoms with Gasteiger partial charge in [0.25, 0.3) is 0 Å². The average molecular weight is 456 g/mol. The van der Waals surface area contributed by atoms with Gasteiger partial charge in [0.15, 0.2) is 5.69 Å². The van der Waals surface area contributed by atoms with E-state index in [-0.39, 0.29) is 12.3 Å². The molecule has 0 bridgehead atoms. The van der Waals surface area contributed by atoms with E-state index < -0.39 is 5.97 Å². The fraction of sp³-hybridized carbons (Fsp3) is 0.182. The molecule has 0 aliphatic carbocycles. The van der Waals surface area contributed by atoms with Crippen LogP contribution in [0.2, 0.25) is 5.02 Å². The van der Waals surface area contributed by atoms with Crippen LogP contribution in [-0.2, 0) is 4.74 Å². The highest BCUT2D eigenvalue weighted by Gasteiger charge is 2.21. The first kappa shape index (κ1) is 14.7. The maximum absolute atomic E-state index is 11.8. The minimum absolute atomic E-state index is 0.139. The molecule has 0 aliphatic heterocycles. The van der Waals surface area contributed by atoms with Gasteiger partial charge in [0, 0.05) is 18.6 Å². The van der Waals surface area contributed by atoms with E-state index in [1.807, 2.05) is 0 Å². The zero-order valence-electron chi connectivity index (χ0n) is 9.71. The van der Waals surface area contributed by atoms with Crippen molar-refractivity contribution < 1.29 is 9.53 Å². The lowest BCUT2D eigenvalue weighted by Crippen LogP contribution is -2.07. The molecular weight excluding hydrogens is 448 g/mol. The molecule has 100 valence electrons. The normalized spacial score (nSPS) is 10.5. The summed E-state index contributed by atoms with van der Waals surface area (Å²) in [5.74, 6) is -0.520. The number of carbonyl (C=O) groups is 1. The number of nitrogens with one attached hydrogen (secondary N) is 1. The SMILES string of the molecule is CCOC(=O)c1n[nH]nc1-c1cc(Cl)cc(I)c1Br. The monoisotopic (exact) mass is 455 g/mol. The second kappa shape index (κ2) is 6.19. The van der Waals surface area contributed by atoms with Crippen molar-refractivity contribution in [3.05, 3.63) is 30.9 Å². The number of aromatic amines is 1. The van der Waals surface area contributed by atoms with E-state index >= 15 is 0 Å². The third kappa shape index (κ3) is 3.09. The number of hydrogen-bond donors (Lipinski definition) is 1. The molecule has 0 aliphatic rings. The van der Waals surface area contributed by atoms with E-state index in [4.69, 9.17) is 16.3 Å². The first-order valence-corrected chi connectivity index (χ1v) is 7.52. The standard InChI is InChI=1S/C11H8BrClIN3O2/c1-2-19-11(18)10-9(15-17-16-10)6-3-5(13)4-7(14)8(6)12/h3-4H,2H2,1H3,(H,15,16,17). The van der Waals surface area contributed by atoms with E-state index in [1.165, 1.54) is 0 Å². The molecular formula is C11H8BrClIN3O2. The van der Waals surface area contributed by atoms with Crippen LogP contribution in [0.5, 0.6) is 0 Å². The van der Waals surface area contributed by atoms with Crippen molar-refractivity contribution in [3.8, 4) is 11.3 Å². The van der Waals surface area contributed by atoms with E-state index in [1.54, 1.807) is 19.1 Å². The molecule has 1 heterocycles. The van der Waals surface area contributed by atoms with Gasteiger partial charge in [0.1, 0.15) is 5.69 Å². The predicted octanol–water partition coefficient (Wildman–Crippen LogP) is 3.67. The van der Waals surface area contributed by atoms with Crippen LogP contribution >= 0.6 is 50.1 Å². The number of rotatable bonds is 3. The minimum atomic E-state index is -0.520. The molecule has 1 aromatic heterocycles. The summed E-state index contributed by atoms with van der Waals surface area (Å²) < 4.78 is 6.65. The van der Waals surface area contributed by atoms with Gasteiger partial charge < -0.3 is 4.74 Å². The van der Waals surface area contributed by atoms with Crippen LogP contribution in [0.3, 0.4) is 0 Å². The van der Waals surface area contributed by atoms with Gasteiger partial charge in [-0.2, -0.15) is 10.3 Å². The maximum Gasteiger partial charge on any atom is 0.361 e. The molecule has 2 rings (SSSR count). The Kier molecular flexibility index (Phi) is 4.80. The second-order valence-electron chi connectivity index (χ2n) is 3.49. The fourth-order valence-corrected chi connectivity index (χ4v) is 2.93.